The quantitative estimate of drug-likeness (QED) is 0.461. The van der Waals surface area contributed by atoms with Crippen LogP contribution in [0.25, 0.3) is 0 Å². The summed E-state index contributed by atoms with van der Waals surface area (Å²) in [5.41, 5.74) is 2.22. The number of hydrogen-bond donors (Lipinski definition) is 2. The molecule has 1 aromatic heterocycles. The Morgan fingerprint density at radius 2 is 2.03 bits per heavy atom. The number of anilines is 2. The summed E-state index contributed by atoms with van der Waals surface area (Å²) in [6.45, 7) is 4.82. The maximum Gasteiger partial charge on any atom is 0.270 e. The molecule has 0 saturated carbocycles. The van der Waals surface area contributed by atoms with Crippen LogP contribution >= 0.6 is 0 Å². The smallest absolute Gasteiger partial charge is 0.270 e. The number of carbonyl (C=O) groups excluding carboxylic acids is 1. The Morgan fingerprint density at radius 1 is 1.24 bits per heavy atom. The number of nitro groups is 1. The van der Waals surface area contributed by atoms with Crippen LogP contribution < -0.4 is 10.6 Å². The van der Waals surface area contributed by atoms with Gasteiger partial charge in [-0.25, -0.2) is 4.98 Å². The molecule has 2 aromatic carbocycles. The first-order valence-electron chi connectivity index (χ1n) is 9.26. The minimum Gasteiger partial charge on any atom is -0.387 e. The van der Waals surface area contributed by atoms with Crippen molar-refractivity contribution < 1.29 is 9.72 Å². The van der Waals surface area contributed by atoms with E-state index in [1.807, 2.05) is 24.4 Å². The Morgan fingerprint density at radius 3 is 2.72 bits per heavy atom. The van der Waals surface area contributed by atoms with E-state index < -0.39 is 10.8 Å². The molecule has 8 nitrogen and oxygen atoms in total. The van der Waals surface area contributed by atoms with E-state index >= 15 is 0 Å². The van der Waals surface area contributed by atoms with E-state index in [9.17, 15) is 14.9 Å². The van der Waals surface area contributed by atoms with Crippen molar-refractivity contribution in [2.75, 3.05) is 17.7 Å². The van der Waals surface area contributed by atoms with E-state index in [1.54, 1.807) is 19.3 Å². The second-order valence-corrected chi connectivity index (χ2v) is 6.96. The molecule has 3 aromatic rings. The molecule has 8 heteroatoms. The van der Waals surface area contributed by atoms with Gasteiger partial charge in [0.05, 0.1) is 10.5 Å². The summed E-state index contributed by atoms with van der Waals surface area (Å²) in [6.07, 6.45) is 3.71. The van der Waals surface area contributed by atoms with Gasteiger partial charge in [0.25, 0.3) is 11.6 Å². The second kappa shape index (κ2) is 8.55. The molecule has 0 radical (unpaired) electrons. The van der Waals surface area contributed by atoms with E-state index in [0.717, 1.165) is 11.4 Å². The zero-order valence-electron chi connectivity index (χ0n) is 16.5. The molecule has 0 spiro atoms. The fourth-order valence-corrected chi connectivity index (χ4v) is 3.15. The van der Waals surface area contributed by atoms with Gasteiger partial charge in [-0.3, -0.25) is 14.9 Å². The summed E-state index contributed by atoms with van der Waals surface area (Å²) in [5.74, 6) is 0.886. The topological polar surface area (TPSA) is 102 Å². The molecule has 1 heterocycles. The normalized spacial score (nSPS) is 10.8. The van der Waals surface area contributed by atoms with Crippen LogP contribution in [-0.2, 0) is 6.54 Å². The molecule has 0 aliphatic rings. The van der Waals surface area contributed by atoms with E-state index in [-0.39, 0.29) is 11.3 Å². The number of hydrogen-bond acceptors (Lipinski definition) is 5. The largest absolute Gasteiger partial charge is 0.387 e. The van der Waals surface area contributed by atoms with Crippen molar-refractivity contribution >= 4 is 23.0 Å². The number of rotatable bonds is 7. The van der Waals surface area contributed by atoms with Crippen molar-refractivity contribution in [3.63, 3.8) is 0 Å². The molecule has 0 fully saturated rings. The number of nitrogens with one attached hydrogen (secondary N) is 2. The van der Waals surface area contributed by atoms with Gasteiger partial charge in [-0.05, 0) is 23.8 Å². The van der Waals surface area contributed by atoms with Crippen LogP contribution in [0.3, 0.4) is 0 Å². The van der Waals surface area contributed by atoms with Crippen LogP contribution in [0.5, 0.6) is 0 Å². The molecule has 0 unspecified atom stereocenters. The molecule has 0 aliphatic carbocycles. The maximum atomic E-state index is 12.8. The summed E-state index contributed by atoms with van der Waals surface area (Å²) in [7, 11) is 1.66. The molecule has 0 atom stereocenters. The highest BCUT2D eigenvalue weighted by Gasteiger charge is 2.17. The predicted octanol–water partition coefficient (Wildman–Crippen LogP) is 4.26. The molecular formula is C21H23N5O3. The number of carbonyl (C=O) groups is 1. The first-order valence-corrected chi connectivity index (χ1v) is 9.26. The first kappa shape index (κ1) is 20.1. The SMILES string of the molecule is CNc1ccc([N+](=O)[O-])cc1C(=O)Nc1cccc(Cn2ccnc2C(C)C)c1. The number of imidazole rings is 1. The number of benzene rings is 2. The molecular weight excluding hydrogens is 370 g/mol. The monoisotopic (exact) mass is 393 g/mol. The zero-order chi connectivity index (χ0) is 21.0. The fraction of sp³-hybridized carbons (Fsp3) is 0.238. The summed E-state index contributed by atoms with van der Waals surface area (Å²) in [4.78, 5) is 27.7. The number of aromatic nitrogens is 2. The van der Waals surface area contributed by atoms with Crippen molar-refractivity contribution in [2.45, 2.75) is 26.3 Å². The summed E-state index contributed by atoms with van der Waals surface area (Å²) >= 11 is 0. The lowest BCUT2D eigenvalue weighted by molar-refractivity contribution is -0.384. The molecule has 0 bridgehead atoms. The Labute approximate surface area is 168 Å². The summed E-state index contributed by atoms with van der Waals surface area (Å²) in [5, 5.41) is 16.8. The minimum atomic E-state index is -0.520. The molecule has 2 N–H and O–H groups in total. The van der Waals surface area contributed by atoms with Gasteiger partial charge in [0.2, 0.25) is 0 Å². The minimum absolute atomic E-state index is 0.135. The number of nitro benzene ring substituents is 1. The lowest BCUT2D eigenvalue weighted by Gasteiger charge is -2.13. The average Bonchev–Trinajstić information content (AvgIpc) is 3.16. The van der Waals surface area contributed by atoms with E-state index in [1.165, 1.54) is 18.2 Å². The molecule has 1 amide bonds. The van der Waals surface area contributed by atoms with Crippen LogP contribution in [0.15, 0.2) is 54.9 Å². The van der Waals surface area contributed by atoms with Gasteiger partial charge in [-0.15, -0.1) is 0 Å². The van der Waals surface area contributed by atoms with E-state index in [0.29, 0.717) is 23.8 Å². The van der Waals surface area contributed by atoms with Crippen molar-refractivity contribution in [1.29, 1.82) is 0 Å². The highest BCUT2D eigenvalue weighted by Crippen LogP contribution is 2.23. The Balaban J connectivity index is 1.82. The van der Waals surface area contributed by atoms with Crippen LogP contribution in [0.2, 0.25) is 0 Å². The van der Waals surface area contributed by atoms with Crippen molar-refractivity contribution in [2.24, 2.45) is 0 Å². The van der Waals surface area contributed by atoms with Crippen LogP contribution in [0.1, 0.15) is 41.5 Å². The van der Waals surface area contributed by atoms with Gasteiger partial charge in [-0.1, -0.05) is 26.0 Å². The van der Waals surface area contributed by atoms with Crippen molar-refractivity contribution in [3.8, 4) is 0 Å². The third-order valence-corrected chi connectivity index (χ3v) is 4.53. The van der Waals surface area contributed by atoms with Gasteiger partial charge >= 0.3 is 0 Å². The Kier molecular flexibility index (Phi) is 5.92. The highest BCUT2D eigenvalue weighted by molar-refractivity contribution is 6.08. The fourth-order valence-electron chi connectivity index (χ4n) is 3.15. The van der Waals surface area contributed by atoms with Gasteiger partial charge < -0.3 is 15.2 Å². The lowest BCUT2D eigenvalue weighted by atomic mass is 10.1. The highest BCUT2D eigenvalue weighted by atomic mass is 16.6. The van der Waals surface area contributed by atoms with Crippen LogP contribution in [0.4, 0.5) is 17.1 Å². The summed E-state index contributed by atoms with van der Waals surface area (Å²) in [6, 6.07) is 11.7. The number of non-ortho nitro benzene ring substituents is 1. The van der Waals surface area contributed by atoms with E-state index in [4.69, 9.17) is 0 Å². The predicted molar refractivity (Wildman–Crippen MR) is 112 cm³/mol. The molecule has 150 valence electrons. The van der Waals surface area contributed by atoms with Gasteiger partial charge in [0.1, 0.15) is 5.82 Å². The second-order valence-electron chi connectivity index (χ2n) is 6.96. The van der Waals surface area contributed by atoms with Gasteiger partial charge in [-0.2, -0.15) is 0 Å². The van der Waals surface area contributed by atoms with Crippen LogP contribution in [0, 0.1) is 10.1 Å². The summed E-state index contributed by atoms with van der Waals surface area (Å²) < 4.78 is 2.07. The van der Waals surface area contributed by atoms with Crippen molar-refractivity contribution in [1.82, 2.24) is 9.55 Å². The average molecular weight is 393 g/mol. The van der Waals surface area contributed by atoms with Gasteiger partial charge in [0.15, 0.2) is 0 Å². The maximum absolute atomic E-state index is 12.8. The Hall–Kier alpha value is -3.68. The Bertz CT molecular complexity index is 1040. The third kappa shape index (κ3) is 4.60. The lowest BCUT2D eigenvalue weighted by Crippen LogP contribution is -2.14. The number of nitrogens with zero attached hydrogens (tertiary/aromatic N) is 3. The first-order chi connectivity index (χ1) is 13.9. The van der Waals surface area contributed by atoms with Crippen LogP contribution in [-0.4, -0.2) is 27.4 Å². The third-order valence-electron chi connectivity index (χ3n) is 4.53. The molecule has 0 saturated heterocycles. The van der Waals surface area contributed by atoms with E-state index in [2.05, 4.69) is 34.0 Å². The van der Waals surface area contributed by atoms with Crippen molar-refractivity contribution in [3.05, 3.63) is 81.9 Å². The zero-order valence-corrected chi connectivity index (χ0v) is 16.5. The number of amides is 1. The molecule has 0 aliphatic heterocycles. The van der Waals surface area contributed by atoms with Gasteiger partial charge in [0, 0.05) is 55.4 Å². The molecule has 29 heavy (non-hydrogen) atoms. The molecule has 3 rings (SSSR count). The standard InChI is InChI=1S/C21H23N5O3/c1-14(2)20-23-9-10-25(20)13-15-5-4-6-16(11-15)24-21(27)18-12-17(26(28)29)7-8-19(18)22-3/h4-12,14,22H,13H2,1-3H3,(H,24,27).